The third kappa shape index (κ3) is 7.40. The number of alkyl carbamates (subject to hydrolysis) is 1. The molecule has 1 aromatic rings. The first kappa shape index (κ1) is 23.2. The fourth-order valence-corrected chi connectivity index (χ4v) is 2.31. The molecule has 1 amide bonds. The Hall–Kier alpha value is -2.87. The SMILES string of the molecule is C=CC(O)[C@@H](C(=O)OC)[C@H](NC(=O)OCc1ccccc1)C(=O)OC(C)(C)C. The van der Waals surface area contributed by atoms with E-state index in [0.29, 0.717) is 0 Å². The molecule has 3 atom stereocenters. The molecule has 28 heavy (non-hydrogen) atoms. The predicted molar refractivity (Wildman–Crippen MR) is 101 cm³/mol. The normalized spacial score (nSPS) is 14.2. The Balaban J connectivity index is 3.00. The zero-order chi connectivity index (χ0) is 21.3. The van der Waals surface area contributed by atoms with Crippen LogP contribution in [-0.4, -0.2) is 48.0 Å². The Morgan fingerprint density at radius 2 is 1.79 bits per heavy atom. The van der Waals surface area contributed by atoms with Gasteiger partial charge in [0.05, 0.1) is 13.2 Å². The number of aliphatic hydroxyl groups excluding tert-OH is 1. The Labute approximate surface area is 164 Å². The van der Waals surface area contributed by atoms with E-state index in [1.165, 1.54) is 0 Å². The van der Waals surface area contributed by atoms with Gasteiger partial charge in [0, 0.05) is 0 Å². The number of hydrogen-bond donors (Lipinski definition) is 2. The fraction of sp³-hybridized carbons (Fsp3) is 0.450. The molecule has 1 rings (SSSR count). The molecule has 0 heterocycles. The van der Waals surface area contributed by atoms with Crippen LogP contribution < -0.4 is 5.32 Å². The maximum absolute atomic E-state index is 12.6. The lowest BCUT2D eigenvalue weighted by atomic mass is 9.93. The number of benzene rings is 1. The molecule has 0 aliphatic rings. The topological polar surface area (TPSA) is 111 Å². The number of aliphatic hydroxyl groups is 1. The molecule has 0 aliphatic carbocycles. The maximum atomic E-state index is 12.6. The molecule has 0 fully saturated rings. The molecule has 8 nitrogen and oxygen atoms in total. The second-order valence-electron chi connectivity index (χ2n) is 6.99. The van der Waals surface area contributed by atoms with E-state index in [0.717, 1.165) is 18.7 Å². The van der Waals surface area contributed by atoms with Crippen molar-refractivity contribution in [1.29, 1.82) is 0 Å². The number of hydrogen-bond acceptors (Lipinski definition) is 7. The van der Waals surface area contributed by atoms with Crippen molar-refractivity contribution < 1.29 is 33.7 Å². The van der Waals surface area contributed by atoms with E-state index in [1.54, 1.807) is 45.0 Å². The highest BCUT2D eigenvalue weighted by molar-refractivity contribution is 5.88. The van der Waals surface area contributed by atoms with Crippen LogP contribution in [0.25, 0.3) is 0 Å². The van der Waals surface area contributed by atoms with Gasteiger partial charge in [-0.1, -0.05) is 36.4 Å². The van der Waals surface area contributed by atoms with Crippen LogP contribution in [0.3, 0.4) is 0 Å². The molecule has 1 unspecified atom stereocenters. The second-order valence-corrected chi connectivity index (χ2v) is 6.99. The van der Waals surface area contributed by atoms with Gasteiger partial charge in [0.2, 0.25) is 0 Å². The Kier molecular flexibility index (Phi) is 8.66. The molecule has 154 valence electrons. The summed E-state index contributed by atoms with van der Waals surface area (Å²) in [6, 6.07) is 7.37. The van der Waals surface area contributed by atoms with Crippen molar-refractivity contribution in [2.75, 3.05) is 7.11 Å². The first-order valence-corrected chi connectivity index (χ1v) is 8.67. The minimum Gasteiger partial charge on any atom is -0.469 e. The molecular formula is C20H27NO7. The summed E-state index contributed by atoms with van der Waals surface area (Å²) in [4.78, 5) is 37.0. The lowest BCUT2D eigenvalue weighted by molar-refractivity contribution is -0.166. The van der Waals surface area contributed by atoms with Crippen molar-refractivity contribution in [2.24, 2.45) is 5.92 Å². The van der Waals surface area contributed by atoms with E-state index in [1.807, 2.05) is 6.07 Å². The molecular weight excluding hydrogens is 366 g/mol. The van der Waals surface area contributed by atoms with Gasteiger partial charge in [-0.2, -0.15) is 0 Å². The van der Waals surface area contributed by atoms with Crippen molar-refractivity contribution in [2.45, 2.75) is 45.1 Å². The van der Waals surface area contributed by atoms with Crippen molar-refractivity contribution in [3.05, 3.63) is 48.6 Å². The molecule has 0 bridgehead atoms. The number of carbonyl (C=O) groups excluding carboxylic acids is 3. The minimum atomic E-state index is -1.54. The molecule has 0 aliphatic heterocycles. The number of carbonyl (C=O) groups is 3. The van der Waals surface area contributed by atoms with Gasteiger partial charge in [-0.3, -0.25) is 4.79 Å². The largest absolute Gasteiger partial charge is 0.469 e. The first-order valence-electron chi connectivity index (χ1n) is 8.67. The Morgan fingerprint density at radius 3 is 2.29 bits per heavy atom. The van der Waals surface area contributed by atoms with Crippen LogP contribution in [0.4, 0.5) is 4.79 Å². The van der Waals surface area contributed by atoms with Crippen LogP contribution in [0.5, 0.6) is 0 Å². The van der Waals surface area contributed by atoms with E-state index < -0.39 is 41.7 Å². The van der Waals surface area contributed by atoms with Crippen LogP contribution >= 0.6 is 0 Å². The summed E-state index contributed by atoms with van der Waals surface area (Å²) in [6.45, 7) is 8.27. The summed E-state index contributed by atoms with van der Waals surface area (Å²) >= 11 is 0. The first-order chi connectivity index (χ1) is 13.1. The molecule has 1 aromatic carbocycles. The molecule has 0 saturated carbocycles. The van der Waals surface area contributed by atoms with Gasteiger partial charge in [0.25, 0.3) is 0 Å². The number of methoxy groups -OCH3 is 1. The monoisotopic (exact) mass is 393 g/mol. The van der Waals surface area contributed by atoms with Crippen LogP contribution in [0.15, 0.2) is 43.0 Å². The van der Waals surface area contributed by atoms with Gasteiger partial charge < -0.3 is 24.6 Å². The smallest absolute Gasteiger partial charge is 0.408 e. The average molecular weight is 393 g/mol. The van der Waals surface area contributed by atoms with Gasteiger partial charge in [0.1, 0.15) is 24.2 Å². The molecule has 0 spiro atoms. The van der Waals surface area contributed by atoms with Crippen molar-refractivity contribution in [1.82, 2.24) is 5.32 Å². The van der Waals surface area contributed by atoms with Gasteiger partial charge >= 0.3 is 18.0 Å². The summed E-state index contributed by atoms with van der Waals surface area (Å²) < 4.78 is 15.0. The number of amides is 1. The third-order valence-electron chi connectivity index (χ3n) is 3.59. The predicted octanol–water partition coefficient (Wildman–Crippen LogP) is 1.96. The fourth-order valence-electron chi connectivity index (χ4n) is 2.31. The third-order valence-corrected chi connectivity index (χ3v) is 3.59. The summed E-state index contributed by atoms with van der Waals surface area (Å²) in [5.74, 6) is -3.28. The van der Waals surface area contributed by atoms with E-state index in [9.17, 15) is 19.5 Å². The highest BCUT2D eigenvalue weighted by Gasteiger charge is 2.42. The highest BCUT2D eigenvalue weighted by atomic mass is 16.6. The van der Waals surface area contributed by atoms with E-state index in [-0.39, 0.29) is 6.61 Å². The van der Waals surface area contributed by atoms with E-state index >= 15 is 0 Å². The standard InChI is InChI=1S/C20H27NO7/c1-6-14(22)15(17(23)26-5)16(18(24)28-20(2,3)4)21-19(25)27-12-13-10-8-7-9-11-13/h6-11,14-16,22H,1,12H2,2-5H3,(H,21,25)/t14?,15-,16+/m1/s1. The second kappa shape index (κ2) is 10.5. The lowest BCUT2D eigenvalue weighted by Crippen LogP contribution is -2.54. The summed E-state index contributed by atoms with van der Waals surface area (Å²) in [7, 11) is 1.10. The number of esters is 2. The maximum Gasteiger partial charge on any atom is 0.408 e. The van der Waals surface area contributed by atoms with E-state index in [2.05, 4.69) is 16.6 Å². The van der Waals surface area contributed by atoms with Gasteiger partial charge in [-0.25, -0.2) is 9.59 Å². The number of rotatable bonds is 8. The van der Waals surface area contributed by atoms with Crippen molar-refractivity contribution in [3.63, 3.8) is 0 Å². The van der Waals surface area contributed by atoms with Gasteiger partial charge in [-0.15, -0.1) is 6.58 Å². The van der Waals surface area contributed by atoms with Gasteiger partial charge in [0.15, 0.2) is 0 Å². The van der Waals surface area contributed by atoms with Crippen LogP contribution in [0.2, 0.25) is 0 Å². The molecule has 2 N–H and O–H groups in total. The van der Waals surface area contributed by atoms with E-state index in [4.69, 9.17) is 9.47 Å². The summed E-state index contributed by atoms with van der Waals surface area (Å²) in [5.41, 5.74) is -0.146. The Morgan fingerprint density at radius 1 is 1.18 bits per heavy atom. The molecule has 8 heteroatoms. The minimum absolute atomic E-state index is 0.0411. The van der Waals surface area contributed by atoms with Crippen LogP contribution in [0, 0.1) is 5.92 Å². The summed E-state index contributed by atoms with van der Waals surface area (Å²) in [5, 5.41) is 12.4. The zero-order valence-corrected chi connectivity index (χ0v) is 16.5. The zero-order valence-electron chi connectivity index (χ0n) is 16.5. The van der Waals surface area contributed by atoms with Crippen LogP contribution in [0.1, 0.15) is 26.3 Å². The lowest BCUT2D eigenvalue weighted by Gasteiger charge is -2.29. The average Bonchev–Trinajstić information content (AvgIpc) is 2.64. The van der Waals surface area contributed by atoms with Crippen LogP contribution in [-0.2, 0) is 30.4 Å². The van der Waals surface area contributed by atoms with Gasteiger partial charge in [-0.05, 0) is 26.3 Å². The van der Waals surface area contributed by atoms with Crippen molar-refractivity contribution in [3.8, 4) is 0 Å². The summed E-state index contributed by atoms with van der Waals surface area (Å²) in [6.07, 6.45) is -1.35. The Bertz CT molecular complexity index is 682. The quantitative estimate of drug-likeness (QED) is 0.394. The highest BCUT2D eigenvalue weighted by Crippen LogP contribution is 2.18. The number of nitrogens with one attached hydrogen (secondary N) is 1. The molecule has 0 radical (unpaired) electrons. The molecule has 0 aromatic heterocycles. The number of ether oxygens (including phenoxy) is 3. The van der Waals surface area contributed by atoms with Crippen molar-refractivity contribution >= 4 is 18.0 Å². The molecule has 0 saturated heterocycles.